The van der Waals surface area contributed by atoms with E-state index in [4.69, 9.17) is 4.98 Å². The first-order valence-corrected chi connectivity index (χ1v) is 9.80. The Hall–Kier alpha value is -2.20. The Bertz CT molecular complexity index is 876. The zero-order valence-corrected chi connectivity index (χ0v) is 15.2. The topological polar surface area (TPSA) is 42.0 Å². The molecule has 4 heteroatoms. The van der Waals surface area contributed by atoms with Crippen molar-refractivity contribution in [3.63, 3.8) is 0 Å². The Kier molecular flexibility index (Phi) is 4.53. The van der Waals surface area contributed by atoms with Crippen molar-refractivity contribution in [2.24, 2.45) is 5.92 Å². The first kappa shape index (κ1) is 16.3. The van der Waals surface area contributed by atoms with Crippen molar-refractivity contribution in [2.75, 3.05) is 5.32 Å². The molecule has 0 saturated heterocycles. The van der Waals surface area contributed by atoms with Crippen molar-refractivity contribution < 1.29 is 4.79 Å². The van der Waals surface area contributed by atoms with E-state index in [1.54, 1.807) is 11.3 Å². The Morgan fingerprint density at radius 1 is 1.08 bits per heavy atom. The molecule has 1 saturated carbocycles. The van der Waals surface area contributed by atoms with Crippen molar-refractivity contribution in [2.45, 2.75) is 39.0 Å². The fourth-order valence-electron chi connectivity index (χ4n) is 3.59. The van der Waals surface area contributed by atoms with E-state index in [9.17, 15) is 4.79 Å². The van der Waals surface area contributed by atoms with Crippen molar-refractivity contribution in [3.05, 3.63) is 48.0 Å². The van der Waals surface area contributed by atoms with Gasteiger partial charge in [0.05, 0.1) is 10.2 Å². The van der Waals surface area contributed by atoms with Gasteiger partial charge in [-0.15, -0.1) is 11.3 Å². The predicted molar refractivity (Wildman–Crippen MR) is 105 cm³/mol. The van der Waals surface area contributed by atoms with Gasteiger partial charge in [-0.3, -0.25) is 4.79 Å². The second-order valence-corrected chi connectivity index (χ2v) is 7.82. The van der Waals surface area contributed by atoms with Gasteiger partial charge in [0.1, 0.15) is 5.01 Å². The number of hydrogen-bond acceptors (Lipinski definition) is 3. The number of para-hydroxylation sites is 1. The van der Waals surface area contributed by atoms with Crippen molar-refractivity contribution >= 4 is 33.1 Å². The van der Waals surface area contributed by atoms with Crippen molar-refractivity contribution in [1.82, 2.24) is 4.98 Å². The van der Waals surface area contributed by atoms with Gasteiger partial charge in [-0.1, -0.05) is 43.5 Å². The van der Waals surface area contributed by atoms with Crippen LogP contribution in [0.15, 0.2) is 42.5 Å². The van der Waals surface area contributed by atoms with E-state index in [1.165, 1.54) is 24.0 Å². The number of aromatic nitrogens is 1. The van der Waals surface area contributed by atoms with Gasteiger partial charge in [-0.25, -0.2) is 4.98 Å². The molecule has 0 spiro atoms. The molecule has 128 valence electrons. The number of amides is 1. The lowest BCUT2D eigenvalue weighted by Gasteiger charge is -2.21. The molecule has 0 unspecified atom stereocenters. The Morgan fingerprint density at radius 3 is 2.68 bits per heavy atom. The van der Waals surface area contributed by atoms with Crippen LogP contribution in [-0.2, 0) is 4.79 Å². The number of fused-ring (bicyclic) bond motifs is 1. The Labute approximate surface area is 152 Å². The summed E-state index contributed by atoms with van der Waals surface area (Å²) in [5.41, 5.74) is 4.12. The highest BCUT2D eigenvalue weighted by Crippen LogP contribution is 2.35. The van der Waals surface area contributed by atoms with Gasteiger partial charge in [0.15, 0.2) is 0 Å². The lowest BCUT2D eigenvalue weighted by atomic mass is 9.88. The van der Waals surface area contributed by atoms with E-state index in [-0.39, 0.29) is 11.8 Å². The van der Waals surface area contributed by atoms with E-state index < -0.39 is 0 Å². The van der Waals surface area contributed by atoms with Crippen LogP contribution >= 0.6 is 11.3 Å². The molecule has 3 nitrogen and oxygen atoms in total. The highest BCUT2D eigenvalue weighted by Gasteiger charge is 2.22. The highest BCUT2D eigenvalue weighted by molar-refractivity contribution is 7.21. The molecular weight excluding hydrogens is 328 g/mol. The summed E-state index contributed by atoms with van der Waals surface area (Å²) in [6.07, 6.45) is 5.63. The summed E-state index contributed by atoms with van der Waals surface area (Å²) in [5.74, 6) is 0.337. The van der Waals surface area contributed by atoms with Crippen LogP contribution < -0.4 is 5.32 Å². The maximum absolute atomic E-state index is 12.6. The largest absolute Gasteiger partial charge is 0.326 e. The quantitative estimate of drug-likeness (QED) is 0.649. The van der Waals surface area contributed by atoms with E-state index in [2.05, 4.69) is 24.4 Å². The van der Waals surface area contributed by atoms with Crippen molar-refractivity contribution in [3.8, 4) is 10.6 Å². The van der Waals surface area contributed by atoms with Crippen LogP contribution in [0.2, 0.25) is 0 Å². The average molecular weight is 350 g/mol. The molecular formula is C21H22N2OS. The van der Waals surface area contributed by atoms with Crippen LogP contribution in [0.3, 0.4) is 0 Å². The zero-order valence-electron chi connectivity index (χ0n) is 14.4. The van der Waals surface area contributed by atoms with Gasteiger partial charge < -0.3 is 5.32 Å². The summed E-state index contributed by atoms with van der Waals surface area (Å²) < 4.78 is 1.19. The number of rotatable bonds is 3. The molecule has 0 atom stereocenters. The fraction of sp³-hybridized carbons (Fsp3) is 0.333. The summed E-state index contributed by atoms with van der Waals surface area (Å²) >= 11 is 1.70. The minimum absolute atomic E-state index is 0.166. The zero-order chi connectivity index (χ0) is 17.2. The molecule has 1 fully saturated rings. The smallest absolute Gasteiger partial charge is 0.227 e. The summed E-state index contributed by atoms with van der Waals surface area (Å²) in [5, 5.41) is 4.17. The minimum Gasteiger partial charge on any atom is -0.326 e. The molecule has 4 rings (SSSR count). The molecule has 25 heavy (non-hydrogen) atoms. The number of carbonyl (C=O) groups excluding carboxylic acids is 1. The second kappa shape index (κ2) is 6.96. The van der Waals surface area contributed by atoms with Crippen LogP contribution in [0.5, 0.6) is 0 Å². The maximum Gasteiger partial charge on any atom is 0.227 e. The number of nitrogens with one attached hydrogen (secondary N) is 1. The third-order valence-electron chi connectivity index (χ3n) is 5.09. The number of carbonyl (C=O) groups is 1. The molecule has 2 aromatic carbocycles. The van der Waals surface area contributed by atoms with E-state index in [0.717, 1.165) is 40.2 Å². The Morgan fingerprint density at radius 2 is 1.88 bits per heavy atom. The van der Waals surface area contributed by atoms with Gasteiger partial charge in [-0.05, 0) is 43.5 Å². The SMILES string of the molecule is Cc1c(NC(=O)C2CCCCC2)cccc1-c1nc2ccccc2s1. The average Bonchev–Trinajstić information content (AvgIpc) is 3.08. The van der Waals surface area contributed by atoms with E-state index >= 15 is 0 Å². The van der Waals surface area contributed by atoms with Crippen LogP contribution in [0, 0.1) is 12.8 Å². The first-order valence-electron chi connectivity index (χ1n) is 8.99. The van der Waals surface area contributed by atoms with Gasteiger partial charge in [0.2, 0.25) is 5.91 Å². The van der Waals surface area contributed by atoms with Gasteiger partial charge in [0, 0.05) is 17.2 Å². The van der Waals surface area contributed by atoms with Crippen molar-refractivity contribution in [1.29, 1.82) is 0 Å². The maximum atomic E-state index is 12.6. The summed E-state index contributed by atoms with van der Waals surface area (Å²) in [6.45, 7) is 2.07. The summed E-state index contributed by atoms with van der Waals surface area (Å²) in [4.78, 5) is 17.3. The molecule has 1 N–H and O–H groups in total. The Balaban J connectivity index is 1.62. The summed E-state index contributed by atoms with van der Waals surface area (Å²) in [7, 11) is 0. The number of anilines is 1. The van der Waals surface area contributed by atoms with Gasteiger partial charge in [0.25, 0.3) is 0 Å². The molecule has 0 aliphatic heterocycles. The van der Waals surface area contributed by atoms with Crippen LogP contribution in [0.4, 0.5) is 5.69 Å². The number of benzene rings is 2. The molecule has 1 heterocycles. The molecule has 1 aromatic heterocycles. The molecule has 1 aliphatic rings. The summed E-state index contributed by atoms with van der Waals surface area (Å²) in [6, 6.07) is 14.3. The van der Waals surface area contributed by atoms with Gasteiger partial charge in [-0.2, -0.15) is 0 Å². The third-order valence-corrected chi connectivity index (χ3v) is 6.16. The first-order chi connectivity index (χ1) is 12.2. The lowest BCUT2D eigenvalue weighted by Crippen LogP contribution is -2.25. The van der Waals surface area contributed by atoms with Crippen LogP contribution in [0.1, 0.15) is 37.7 Å². The number of hydrogen-bond donors (Lipinski definition) is 1. The lowest BCUT2D eigenvalue weighted by molar-refractivity contribution is -0.120. The molecule has 3 aromatic rings. The molecule has 1 aliphatic carbocycles. The minimum atomic E-state index is 0.166. The number of nitrogens with zero attached hydrogens (tertiary/aromatic N) is 1. The van der Waals surface area contributed by atoms with Gasteiger partial charge >= 0.3 is 0 Å². The standard InChI is InChI=1S/C21H22N2OS/c1-14-16(21-23-18-11-5-6-13-19(18)25-21)10-7-12-17(14)22-20(24)15-8-3-2-4-9-15/h5-7,10-13,15H,2-4,8-9H2,1H3,(H,22,24). The monoisotopic (exact) mass is 350 g/mol. The molecule has 0 bridgehead atoms. The van der Waals surface area contributed by atoms with E-state index in [1.807, 2.05) is 30.3 Å². The number of thiazole rings is 1. The fourth-order valence-corrected chi connectivity index (χ4v) is 4.64. The molecule has 1 amide bonds. The van der Waals surface area contributed by atoms with E-state index in [0.29, 0.717) is 0 Å². The predicted octanol–water partition coefficient (Wildman–Crippen LogP) is 5.79. The third kappa shape index (κ3) is 3.31. The van der Waals surface area contributed by atoms with Crippen LogP contribution in [0.25, 0.3) is 20.8 Å². The highest BCUT2D eigenvalue weighted by atomic mass is 32.1. The van der Waals surface area contributed by atoms with Crippen LogP contribution in [-0.4, -0.2) is 10.9 Å². The second-order valence-electron chi connectivity index (χ2n) is 6.79. The molecule has 0 radical (unpaired) electrons. The normalized spacial score (nSPS) is 15.4.